The van der Waals surface area contributed by atoms with Crippen LogP contribution in [0.25, 0.3) is 0 Å². The molecule has 0 unspecified atom stereocenters. The monoisotopic (exact) mass is 331 g/mol. The van der Waals surface area contributed by atoms with E-state index in [2.05, 4.69) is 6.92 Å². The molecule has 0 aromatic heterocycles. The maximum absolute atomic E-state index is 12.2. The summed E-state index contributed by atoms with van der Waals surface area (Å²) in [7, 11) is 1.33. The number of unbranched alkanes of at least 4 members (excludes halogenated alkanes) is 3. The molecule has 5 heteroatoms. The van der Waals surface area contributed by atoms with Gasteiger partial charge in [-0.05, 0) is 24.5 Å². The van der Waals surface area contributed by atoms with Gasteiger partial charge >= 0.3 is 12.1 Å². The molecule has 0 N–H and O–H groups in total. The van der Waals surface area contributed by atoms with Crippen molar-refractivity contribution in [3.8, 4) is 0 Å². The van der Waals surface area contributed by atoms with Crippen molar-refractivity contribution in [2.24, 2.45) is 0 Å². The van der Waals surface area contributed by atoms with E-state index in [0.717, 1.165) is 31.2 Å². The van der Waals surface area contributed by atoms with Gasteiger partial charge in [-0.3, -0.25) is 4.90 Å². The van der Waals surface area contributed by atoms with E-state index < -0.39 is 24.2 Å². The summed E-state index contributed by atoms with van der Waals surface area (Å²) < 4.78 is 10.3. The summed E-state index contributed by atoms with van der Waals surface area (Å²) in [4.78, 5) is 25.8. The molecule has 1 amide bonds. The Bertz CT molecular complexity index is 570. The van der Waals surface area contributed by atoms with Crippen LogP contribution in [0.15, 0.2) is 42.5 Å². The van der Waals surface area contributed by atoms with E-state index in [1.807, 2.05) is 36.4 Å². The first-order valence-corrected chi connectivity index (χ1v) is 8.43. The average Bonchev–Trinajstić information content (AvgIpc) is 2.90. The maximum Gasteiger partial charge on any atom is 0.411 e. The predicted octanol–water partition coefficient (Wildman–Crippen LogP) is 3.69. The zero-order chi connectivity index (χ0) is 17.4. The van der Waals surface area contributed by atoms with Gasteiger partial charge in [0.05, 0.1) is 13.7 Å². The third kappa shape index (κ3) is 4.60. The van der Waals surface area contributed by atoms with Crippen molar-refractivity contribution in [2.75, 3.05) is 7.11 Å². The lowest BCUT2D eigenvalue weighted by molar-refractivity contribution is -0.146. The van der Waals surface area contributed by atoms with Crippen molar-refractivity contribution >= 4 is 12.1 Å². The van der Waals surface area contributed by atoms with Gasteiger partial charge < -0.3 is 9.47 Å². The van der Waals surface area contributed by atoms with Crippen LogP contribution in [0.1, 0.15) is 38.2 Å². The van der Waals surface area contributed by atoms with Crippen LogP contribution in [0, 0.1) is 0 Å². The lowest BCUT2D eigenvalue weighted by Crippen LogP contribution is -2.42. The summed E-state index contributed by atoms with van der Waals surface area (Å²) >= 11 is 0. The number of rotatable bonds is 8. The summed E-state index contributed by atoms with van der Waals surface area (Å²) in [6.45, 7) is 2.47. The fourth-order valence-corrected chi connectivity index (χ4v) is 2.75. The summed E-state index contributed by atoms with van der Waals surface area (Å²) in [6, 6.07) is 8.78. The second kappa shape index (κ2) is 9.11. The third-order valence-electron chi connectivity index (χ3n) is 4.06. The Hall–Kier alpha value is -2.30. The molecule has 0 aliphatic carbocycles. The highest BCUT2D eigenvalue weighted by molar-refractivity contribution is 5.85. The van der Waals surface area contributed by atoms with Crippen LogP contribution in [0.4, 0.5) is 4.79 Å². The van der Waals surface area contributed by atoms with Gasteiger partial charge in [-0.25, -0.2) is 9.59 Å². The van der Waals surface area contributed by atoms with E-state index in [1.165, 1.54) is 12.0 Å². The molecule has 1 aromatic carbocycles. The van der Waals surface area contributed by atoms with Crippen molar-refractivity contribution < 1.29 is 19.1 Å². The number of carbonyl (C=O) groups excluding carboxylic acids is 2. The highest BCUT2D eigenvalue weighted by Crippen LogP contribution is 2.24. The molecule has 1 saturated heterocycles. The summed E-state index contributed by atoms with van der Waals surface area (Å²) in [5.74, 6) is -0.458. The van der Waals surface area contributed by atoms with Crippen molar-refractivity contribution in [3.05, 3.63) is 48.0 Å². The SMILES string of the molecule is CCCCC/C=C/[C@@H]1OC(=O)N(Cc2ccccc2)[C@H]1C(=O)OC. The number of methoxy groups -OCH3 is 1. The molecule has 130 valence electrons. The maximum atomic E-state index is 12.2. The number of amides is 1. The standard InChI is InChI=1S/C19H25NO4/c1-3-4-5-6-10-13-16-17(18(21)23-2)20(19(22)24-16)14-15-11-8-7-9-12-15/h7-13,16-17H,3-6,14H2,1-2H3/b13-10+/t16-,17+/m0/s1. The van der Waals surface area contributed by atoms with Gasteiger partial charge in [0, 0.05) is 0 Å². The van der Waals surface area contributed by atoms with Crippen molar-refractivity contribution in [1.29, 1.82) is 0 Å². The molecule has 0 saturated carbocycles. The molecule has 1 aromatic rings. The molecule has 1 heterocycles. The number of ether oxygens (including phenoxy) is 2. The summed E-state index contributed by atoms with van der Waals surface area (Å²) in [5.41, 5.74) is 0.941. The number of cyclic esters (lactones) is 1. The van der Waals surface area contributed by atoms with Gasteiger partial charge in [-0.1, -0.05) is 56.2 Å². The number of nitrogens with zero attached hydrogens (tertiary/aromatic N) is 1. The summed E-state index contributed by atoms with van der Waals surface area (Å²) in [6.07, 6.45) is 7.01. The normalized spacial score (nSPS) is 20.4. The van der Waals surface area contributed by atoms with Crippen molar-refractivity contribution in [2.45, 2.75) is 51.3 Å². The fraction of sp³-hybridized carbons (Fsp3) is 0.474. The van der Waals surface area contributed by atoms with Gasteiger partial charge in [0.25, 0.3) is 0 Å². The molecule has 5 nitrogen and oxygen atoms in total. The van der Waals surface area contributed by atoms with E-state index in [9.17, 15) is 9.59 Å². The molecule has 0 bridgehead atoms. The highest BCUT2D eigenvalue weighted by Gasteiger charge is 2.45. The van der Waals surface area contributed by atoms with E-state index in [1.54, 1.807) is 6.08 Å². The molecule has 2 atom stereocenters. The predicted molar refractivity (Wildman–Crippen MR) is 91.3 cm³/mol. The van der Waals surface area contributed by atoms with Crippen LogP contribution < -0.4 is 0 Å². The Morgan fingerprint density at radius 3 is 2.71 bits per heavy atom. The Morgan fingerprint density at radius 1 is 1.29 bits per heavy atom. The quantitative estimate of drug-likeness (QED) is 0.414. The van der Waals surface area contributed by atoms with E-state index in [-0.39, 0.29) is 0 Å². The van der Waals surface area contributed by atoms with Crippen LogP contribution >= 0.6 is 0 Å². The average molecular weight is 331 g/mol. The minimum Gasteiger partial charge on any atom is -0.467 e. The number of hydrogen-bond acceptors (Lipinski definition) is 4. The van der Waals surface area contributed by atoms with Gasteiger partial charge in [-0.2, -0.15) is 0 Å². The van der Waals surface area contributed by atoms with Crippen LogP contribution in [0.2, 0.25) is 0 Å². The Labute approximate surface area is 143 Å². The molecule has 1 aliphatic rings. The number of benzene rings is 1. The van der Waals surface area contributed by atoms with Crippen LogP contribution in [-0.4, -0.2) is 36.2 Å². The molecule has 2 rings (SSSR count). The van der Waals surface area contributed by atoms with Gasteiger partial charge in [-0.15, -0.1) is 0 Å². The third-order valence-corrected chi connectivity index (χ3v) is 4.06. The van der Waals surface area contributed by atoms with Crippen molar-refractivity contribution in [1.82, 2.24) is 4.90 Å². The van der Waals surface area contributed by atoms with Crippen LogP contribution in [0.3, 0.4) is 0 Å². The first-order chi connectivity index (χ1) is 11.7. The van der Waals surface area contributed by atoms with E-state index in [4.69, 9.17) is 9.47 Å². The first-order valence-electron chi connectivity index (χ1n) is 8.43. The number of esters is 1. The molecule has 0 spiro atoms. The Morgan fingerprint density at radius 2 is 2.04 bits per heavy atom. The van der Waals surface area contributed by atoms with E-state index >= 15 is 0 Å². The molecule has 1 aliphatic heterocycles. The second-order valence-corrected chi connectivity index (χ2v) is 5.85. The second-order valence-electron chi connectivity index (χ2n) is 5.85. The minimum atomic E-state index is -0.745. The van der Waals surface area contributed by atoms with Crippen molar-refractivity contribution in [3.63, 3.8) is 0 Å². The minimum absolute atomic E-state index is 0.319. The zero-order valence-electron chi connectivity index (χ0n) is 14.3. The topological polar surface area (TPSA) is 55.8 Å². The van der Waals surface area contributed by atoms with Gasteiger partial charge in [0.2, 0.25) is 0 Å². The Kier molecular flexibility index (Phi) is 6.85. The summed E-state index contributed by atoms with van der Waals surface area (Å²) in [5, 5.41) is 0. The smallest absolute Gasteiger partial charge is 0.411 e. The highest BCUT2D eigenvalue weighted by atomic mass is 16.6. The lowest BCUT2D eigenvalue weighted by Gasteiger charge is -2.21. The van der Waals surface area contributed by atoms with Gasteiger partial charge in [0.1, 0.15) is 0 Å². The van der Waals surface area contributed by atoms with E-state index in [0.29, 0.717) is 6.54 Å². The Balaban J connectivity index is 2.09. The lowest BCUT2D eigenvalue weighted by atomic mass is 10.1. The molecular formula is C19H25NO4. The van der Waals surface area contributed by atoms with Crippen LogP contribution in [-0.2, 0) is 20.8 Å². The molecule has 1 fully saturated rings. The van der Waals surface area contributed by atoms with Gasteiger partial charge in [0.15, 0.2) is 12.1 Å². The zero-order valence-corrected chi connectivity index (χ0v) is 14.3. The first kappa shape index (κ1) is 18.0. The molecular weight excluding hydrogens is 306 g/mol. The fourth-order valence-electron chi connectivity index (χ4n) is 2.75. The van der Waals surface area contributed by atoms with Crippen LogP contribution in [0.5, 0.6) is 0 Å². The number of hydrogen-bond donors (Lipinski definition) is 0. The molecule has 0 radical (unpaired) electrons. The number of carbonyl (C=O) groups is 2. The number of allylic oxidation sites excluding steroid dienone is 1. The largest absolute Gasteiger partial charge is 0.467 e. The molecule has 24 heavy (non-hydrogen) atoms.